The van der Waals surface area contributed by atoms with E-state index in [-0.39, 0.29) is 11.2 Å². The van der Waals surface area contributed by atoms with Gasteiger partial charge in [0.25, 0.3) is 5.56 Å². The molecule has 2 heterocycles. The number of thiophene rings is 1. The van der Waals surface area contributed by atoms with Crippen LogP contribution in [0.2, 0.25) is 5.02 Å². The molecule has 4 nitrogen and oxygen atoms in total. The van der Waals surface area contributed by atoms with Crippen molar-refractivity contribution in [2.45, 2.75) is 6.54 Å². The van der Waals surface area contributed by atoms with Crippen LogP contribution in [0.25, 0.3) is 10.2 Å². The van der Waals surface area contributed by atoms with Crippen LogP contribution >= 0.6 is 22.9 Å². The third-order valence-electron chi connectivity index (χ3n) is 3.24. The summed E-state index contributed by atoms with van der Waals surface area (Å²) in [6.07, 6.45) is 0. The monoisotopic (exact) mass is 306 g/mol. The van der Waals surface area contributed by atoms with E-state index in [1.54, 1.807) is 16.7 Å². The largest absolute Gasteiger partial charge is 0.331 e. The van der Waals surface area contributed by atoms with Crippen LogP contribution in [0.3, 0.4) is 0 Å². The Morgan fingerprint density at radius 2 is 1.95 bits per heavy atom. The zero-order chi connectivity index (χ0) is 14.3. The van der Waals surface area contributed by atoms with Crippen LogP contribution in [0, 0.1) is 0 Å². The van der Waals surface area contributed by atoms with E-state index >= 15 is 0 Å². The first-order valence-corrected chi connectivity index (χ1v) is 7.26. The highest BCUT2D eigenvalue weighted by molar-refractivity contribution is 7.17. The summed E-state index contributed by atoms with van der Waals surface area (Å²) in [6, 6.07) is 9.17. The van der Waals surface area contributed by atoms with Crippen LogP contribution in [-0.4, -0.2) is 9.13 Å². The second-order valence-corrected chi connectivity index (χ2v) is 5.78. The lowest BCUT2D eigenvalue weighted by Gasteiger charge is -2.10. The molecule has 0 unspecified atom stereocenters. The molecule has 102 valence electrons. The van der Waals surface area contributed by atoms with Crippen molar-refractivity contribution in [1.82, 2.24) is 9.13 Å². The number of hydrogen-bond acceptors (Lipinski definition) is 3. The zero-order valence-corrected chi connectivity index (χ0v) is 12.2. The molecule has 0 aliphatic carbocycles. The second kappa shape index (κ2) is 4.92. The highest BCUT2D eigenvalue weighted by atomic mass is 35.5. The molecule has 0 amide bonds. The predicted octanol–water partition coefficient (Wildman–Crippen LogP) is 2.46. The van der Waals surface area contributed by atoms with E-state index in [0.717, 1.165) is 10.1 Å². The van der Waals surface area contributed by atoms with Crippen molar-refractivity contribution in [3.63, 3.8) is 0 Å². The molecule has 3 aromatic rings. The smallest absolute Gasteiger partial charge is 0.288 e. The van der Waals surface area contributed by atoms with Gasteiger partial charge in [-0.1, -0.05) is 29.8 Å². The molecule has 6 heteroatoms. The average molecular weight is 307 g/mol. The number of halogens is 1. The van der Waals surface area contributed by atoms with Gasteiger partial charge in [0.2, 0.25) is 0 Å². The van der Waals surface area contributed by atoms with Crippen LogP contribution in [0.5, 0.6) is 0 Å². The maximum absolute atomic E-state index is 12.3. The fourth-order valence-electron chi connectivity index (χ4n) is 2.15. The van der Waals surface area contributed by atoms with Gasteiger partial charge in [-0.25, -0.2) is 4.79 Å². The molecule has 0 atom stereocenters. The van der Waals surface area contributed by atoms with E-state index in [4.69, 9.17) is 11.6 Å². The van der Waals surface area contributed by atoms with Crippen molar-refractivity contribution in [3.05, 3.63) is 67.1 Å². The fourth-order valence-corrected chi connectivity index (χ4v) is 3.21. The maximum Gasteiger partial charge on any atom is 0.331 e. The van der Waals surface area contributed by atoms with Crippen molar-refractivity contribution in [1.29, 1.82) is 0 Å². The van der Waals surface area contributed by atoms with Crippen LogP contribution in [0.4, 0.5) is 0 Å². The lowest BCUT2D eigenvalue weighted by Crippen LogP contribution is -2.37. The van der Waals surface area contributed by atoms with Gasteiger partial charge in [-0.15, -0.1) is 11.3 Å². The Labute approximate surface area is 123 Å². The summed E-state index contributed by atoms with van der Waals surface area (Å²) >= 11 is 7.48. The van der Waals surface area contributed by atoms with Gasteiger partial charge in [-0.3, -0.25) is 13.9 Å². The highest BCUT2D eigenvalue weighted by Gasteiger charge is 2.12. The first-order chi connectivity index (χ1) is 9.59. The van der Waals surface area contributed by atoms with Gasteiger partial charge in [-0.2, -0.15) is 0 Å². The Morgan fingerprint density at radius 3 is 2.70 bits per heavy atom. The normalized spacial score (nSPS) is 11.1. The highest BCUT2D eigenvalue weighted by Crippen LogP contribution is 2.19. The summed E-state index contributed by atoms with van der Waals surface area (Å²) in [5, 5.41) is 2.42. The number of nitrogens with zero attached hydrogens (tertiary/aromatic N) is 2. The quantitative estimate of drug-likeness (QED) is 0.730. The Kier molecular flexibility index (Phi) is 3.23. The topological polar surface area (TPSA) is 44.0 Å². The number of benzene rings is 1. The van der Waals surface area contributed by atoms with E-state index in [0.29, 0.717) is 21.8 Å². The first kappa shape index (κ1) is 13.1. The molecule has 20 heavy (non-hydrogen) atoms. The van der Waals surface area contributed by atoms with Gasteiger partial charge in [0.05, 0.1) is 12.1 Å². The molecule has 1 aromatic carbocycles. The average Bonchev–Trinajstić information content (AvgIpc) is 2.92. The van der Waals surface area contributed by atoms with Crippen LogP contribution < -0.4 is 11.2 Å². The molecule has 2 aromatic heterocycles. The molecule has 0 radical (unpaired) electrons. The van der Waals surface area contributed by atoms with Crippen LogP contribution in [0.15, 0.2) is 45.3 Å². The summed E-state index contributed by atoms with van der Waals surface area (Å²) in [5.41, 5.74) is 0.918. The number of hydrogen-bond donors (Lipinski definition) is 0. The molecule has 3 rings (SSSR count). The van der Waals surface area contributed by atoms with Crippen molar-refractivity contribution in [2.75, 3.05) is 0 Å². The molecule has 0 aliphatic heterocycles. The molecule has 0 bridgehead atoms. The summed E-state index contributed by atoms with van der Waals surface area (Å²) < 4.78 is 3.29. The van der Waals surface area contributed by atoms with Crippen LogP contribution in [-0.2, 0) is 13.6 Å². The Hall–Kier alpha value is -1.85. The SMILES string of the molecule is Cn1c(=O)c2sccc2n(Cc2ccccc2Cl)c1=O. The zero-order valence-electron chi connectivity index (χ0n) is 10.7. The molecule has 0 saturated carbocycles. The Balaban J connectivity index is 2.27. The second-order valence-electron chi connectivity index (χ2n) is 4.46. The number of fused-ring (bicyclic) bond motifs is 1. The van der Waals surface area contributed by atoms with Crippen molar-refractivity contribution >= 4 is 33.2 Å². The minimum atomic E-state index is -0.333. The lowest BCUT2D eigenvalue weighted by atomic mass is 10.2. The fraction of sp³-hybridized carbons (Fsp3) is 0.143. The van der Waals surface area contributed by atoms with E-state index < -0.39 is 0 Å². The molecule has 0 aliphatic rings. The van der Waals surface area contributed by atoms with Crippen molar-refractivity contribution in [3.8, 4) is 0 Å². The minimum Gasteiger partial charge on any atom is -0.288 e. The minimum absolute atomic E-state index is 0.254. The van der Waals surface area contributed by atoms with Crippen molar-refractivity contribution < 1.29 is 0 Å². The van der Waals surface area contributed by atoms with Crippen LogP contribution in [0.1, 0.15) is 5.56 Å². The van der Waals surface area contributed by atoms with Gasteiger partial charge in [-0.05, 0) is 23.1 Å². The number of rotatable bonds is 2. The Morgan fingerprint density at radius 1 is 1.20 bits per heavy atom. The summed E-state index contributed by atoms with van der Waals surface area (Å²) in [6.45, 7) is 0.347. The van der Waals surface area contributed by atoms with Gasteiger partial charge in [0.1, 0.15) is 4.70 Å². The molecule has 0 saturated heterocycles. The predicted molar refractivity (Wildman–Crippen MR) is 81.9 cm³/mol. The van der Waals surface area contributed by atoms with Gasteiger partial charge in [0, 0.05) is 12.1 Å². The summed E-state index contributed by atoms with van der Waals surface area (Å²) in [4.78, 5) is 24.3. The van der Waals surface area contributed by atoms with E-state index in [1.807, 2.05) is 23.6 Å². The molecule has 0 spiro atoms. The number of aromatic nitrogens is 2. The summed E-state index contributed by atoms with van der Waals surface area (Å²) in [5.74, 6) is 0. The Bertz CT molecular complexity index is 907. The first-order valence-electron chi connectivity index (χ1n) is 6.00. The van der Waals surface area contributed by atoms with Crippen molar-refractivity contribution in [2.24, 2.45) is 7.05 Å². The lowest BCUT2D eigenvalue weighted by molar-refractivity contribution is 0.676. The van der Waals surface area contributed by atoms with E-state index in [9.17, 15) is 9.59 Å². The third-order valence-corrected chi connectivity index (χ3v) is 4.50. The molecule has 0 fully saturated rings. The third kappa shape index (κ3) is 1.99. The molecule has 0 N–H and O–H groups in total. The molecular weight excluding hydrogens is 296 g/mol. The van der Waals surface area contributed by atoms with E-state index in [1.165, 1.54) is 18.4 Å². The van der Waals surface area contributed by atoms with Gasteiger partial charge < -0.3 is 0 Å². The van der Waals surface area contributed by atoms with Gasteiger partial charge >= 0.3 is 5.69 Å². The standard InChI is InChI=1S/C14H11ClN2O2S/c1-16-13(18)12-11(6-7-20-12)17(14(16)19)8-9-4-2-3-5-10(9)15/h2-7H,8H2,1H3. The van der Waals surface area contributed by atoms with Gasteiger partial charge in [0.15, 0.2) is 0 Å². The summed E-state index contributed by atoms with van der Waals surface area (Å²) in [7, 11) is 1.49. The van der Waals surface area contributed by atoms with E-state index in [2.05, 4.69) is 0 Å². The maximum atomic E-state index is 12.3. The molecular formula is C14H11ClN2O2S.